The van der Waals surface area contributed by atoms with Gasteiger partial charge in [0.05, 0.1) is 0 Å². The van der Waals surface area contributed by atoms with E-state index in [4.69, 9.17) is 29.0 Å². The molecule has 0 N–H and O–H groups in total. The Kier molecular flexibility index (Phi) is 21.5. The van der Waals surface area contributed by atoms with E-state index >= 15 is 0 Å². The van der Waals surface area contributed by atoms with Crippen molar-refractivity contribution in [2.24, 2.45) is 0 Å². The Morgan fingerprint density at radius 1 is 0.688 bits per heavy atom. The molecule has 180 valence electrons. The van der Waals surface area contributed by atoms with Gasteiger partial charge in [0.25, 0.3) is 0 Å². The molecule has 0 aliphatic heterocycles. The SMILES string of the molecule is CCCCCCCCCCc1cccc(O[P+]([O-])([S-])[S-])c1CCCCCCCCCC.[Zn+2]. The van der Waals surface area contributed by atoms with Crippen LogP contribution >= 0.6 is 6.12 Å². The Labute approximate surface area is 223 Å². The number of unbranched alkanes of at least 4 members (excludes halogenated alkanes) is 14. The van der Waals surface area contributed by atoms with Crippen molar-refractivity contribution >= 4 is 30.6 Å². The molecule has 1 aromatic carbocycles. The van der Waals surface area contributed by atoms with Crippen molar-refractivity contribution in [1.82, 2.24) is 0 Å². The normalized spacial score (nSPS) is 11.4. The van der Waals surface area contributed by atoms with E-state index in [1.807, 2.05) is 12.1 Å². The molecular weight excluding hydrogens is 505 g/mol. The largest absolute Gasteiger partial charge is 2.00 e. The molecular formula is C26H45O2PS2Zn. The van der Waals surface area contributed by atoms with E-state index in [1.165, 1.54) is 107 Å². The summed E-state index contributed by atoms with van der Waals surface area (Å²) in [7, 11) is 0. The number of benzene rings is 1. The maximum atomic E-state index is 12.0. The van der Waals surface area contributed by atoms with E-state index in [-0.39, 0.29) is 19.5 Å². The first-order valence-electron chi connectivity index (χ1n) is 12.8. The van der Waals surface area contributed by atoms with Gasteiger partial charge in [-0.3, -0.25) is 0 Å². The Bertz CT molecular complexity index is 567. The van der Waals surface area contributed by atoms with Gasteiger partial charge in [-0.1, -0.05) is 116 Å². The second kappa shape index (κ2) is 21.1. The zero-order valence-electron chi connectivity index (χ0n) is 20.7. The summed E-state index contributed by atoms with van der Waals surface area (Å²) in [5.74, 6) is 0.661. The van der Waals surface area contributed by atoms with Crippen LogP contribution in [0, 0.1) is 0 Å². The first-order chi connectivity index (χ1) is 15.0. The van der Waals surface area contributed by atoms with Gasteiger partial charge in [-0.2, -0.15) is 0 Å². The van der Waals surface area contributed by atoms with Crippen LogP contribution in [-0.2, 0) is 56.8 Å². The van der Waals surface area contributed by atoms with E-state index < -0.39 is 6.12 Å². The maximum absolute atomic E-state index is 12.0. The van der Waals surface area contributed by atoms with Crippen LogP contribution < -0.4 is 9.42 Å². The Hall–Kier alpha value is 0.733. The first kappa shape index (κ1) is 32.7. The summed E-state index contributed by atoms with van der Waals surface area (Å²) in [5, 5.41) is 0. The van der Waals surface area contributed by atoms with Gasteiger partial charge in [-0.15, -0.1) is 6.12 Å². The molecule has 0 spiro atoms. The molecule has 6 heteroatoms. The number of hydrogen-bond donors (Lipinski definition) is 0. The molecule has 0 fully saturated rings. The van der Waals surface area contributed by atoms with Gasteiger partial charge in [-0.25, -0.2) is 0 Å². The van der Waals surface area contributed by atoms with Gasteiger partial charge in [-0.05, 0) is 37.3 Å². The quantitative estimate of drug-likeness (QED) is 0.0705. The molecule has 0 amide bonds. The van der Waals surface area contributed by atoms with Crippen LogP contribution in [0.1, 0.15) is 128 Å². The molecule has 0 bridgehead atoms. The average molecular weight is 550 g/mol. The van der Waals surface area contributed by atoms with E-state index in [0.717, 1.165) is 19.3 Å². The smallest absolute Gasteiger partial charge is 0.682 e. The first-order valence-corrected chi connectivity index (χ1v) is 16.5. The average Bonchev–Trinajstić information content (AvgIpc) is 2.72. The summed E-state index contributed by atoms with van der Waals surface area (Å²) in [4.78, 5) is 12.0. The number of rotatable bonds is 20. The van der Waals surface area contributed by atoms with Crippen molar-refractivity contribution in [3.05, 3.63) is 29.3 Å². The molecule has 0 aromatic heterocycles. The topological polar surface area (TPSA) is 32.3 Å². The van der Waals surface area contributed by atoms with Crippen LogP contribution in [0.15, 0.2) is 18.2 Å². The zero-order valence-corrected chi connectivity index (χ0v) is 26.2. The van der Waals surface area contributed by atoms with E-state index in [0.29, 0.717) is 5.75 Å². The molecule has 32 heavy (non-hydrogen) atoms. The molecule has 2 nitrogen and oxygen atoms in total. The van der Waals surface area contributed by atoms with E-state index in [9.17, 15) is 4.89 Å². The monoisotopic (exact) mass is 548 g/mol. The molecule has 0 heterocycles. The van der Waals surface area contributed by atoms with Crippen molar-refractivity contribution in [3.8, 4) is 5.75 Å². The van der Waals surface area contributed by atoms with Crippen LogP contribution in [0.25, 0.3) is 0 Å². The molecule has 1 aromatic rings. The minimum Gasteiger partial charge on any atom is -0.682 e. The summed E-state index contributed by atoms with van der Waals surface area (Å²) >= 11 is 9.78. The third kappa shape index (κ3) is 17.2. The zero-order chi connectivity index (χ0) is 22.8. The maximum Gasteiger partial charge on any atom is 2.00 e. The fourth-order valence-corrected chi connectivity index (χ4v) is 5.11. The Morgan fingerprint density at radius 2 is 1.12 bits per heavy atom. The van der Waals surface area contributed by atoms with Crippen LogP contribution in [0.5, 0.6) is 5.75 Å². The van der Waals surface area contributed by atoms with Gasteiger partial charge in [0.1, 0.15) is 0 Å². The van der Waals surface area contributed by atoms with E-state index in [2.05, 4.69) is 19.9 Å². The van der Waals surface area contributed by atoms with Gasteiger partial charge in [0, 0.05) is 5.56 Å². The van der Waals surface area contributed by atoms with Crippen molar-refractivity contribution in [3.63, 3.8) is 0 Å². The Morgan fingerprint density at radius 3 is 1.59 bits per heavy atom. The second-order valence-electron chi connectivity index (χ2n) is 8.88. The number of hydrogen-bond acceptors (Lipinski definition) is 4. The second-order valence-corrected chi connectivity index (χ2v) is 13.5. The van der Waals surface area contributed by atoms with Crippen LogP contribution in [0.4, 0.5) is 0 Å². The summed E-state index contributed by atoms with van der Waals surface area (Å²) in [6.07, 6.45) is 19.6. The molecule has 0 atom stereocenters. The Balaban J connectivity index is 0.00000961. The van der Waals surface area contributed by atoms with Gasteiger partial charge < -0.3 is 33.9 Å². The third-order valence-corrected chi connectivity index (χ3v) is 6.89. The number of aryl methyl sites for hydroxylation is 1. The molecule has 0 aliphatic carbocycles. The molecule has 1 rings (SSSR count). The van der Waals surface area contributed by atoms with Crippen molar-refractivity contribution in [1.29, 1.82) is 0 Å². The molecule has 0 aliphatic rings. The van der Waals surface area contributed by atoms with Gasteiger partial charge >= 0.3 is 19.5 Å². The minimum absolute atomic E-state index is 0. The summed E-state index contributed by atoms with van der Waals surface area (Å²) < 4.78 is 5.56. The molecule has 0 saturated heterocycles. The molecule has 0 unspecified atom stereocenters. The summed E-state index contributed by atoms with van der Waals surface area (Å²) in [6.45, 7) is 4.52. The minimum atomic E-state index is -3.38. The summed E-state index contributed by atoms with van der Waals surface area (Å²) in [5.41, 5.74) is 2.51. The van der Waals surface area contributed by atoms with Gasteiger partial charge in [0.2, 0.25) is 0 Å². The van der Waals surface area contributed by atoms with Crippen molar-refractivity contribution < 1.29 is 28.9 Å². The van der Waals surface area contributed by atoms with Crippen molar-refractivity contribution in [2.75, 3.05) is 0 Å². The predicted octanol–water partition coefficient (Wildman–Crippen LogP) is 8.56. The van der Waals surface area contributed by atoms with Crippen LogP contribution in [0.2, 0.25) is 0 Å². The standard InChI is InChI=1S/C26H47O2PS2.Zn/c1-3-5-7-9-11-13-15-17-20-24-21-19-23-26(28-29(27,30)31)25(24)22-18-16-14-12-10-8-6-4-2;/h19,21,23H,3-18,20,22H2,1-2H3,(H2,27,30,31);/q;+2/p-2. The summed E-state index contributed by atoms with van der Waals surface area (Å²) in [6, 6.07) is 6.08. The fourth-order valence-electron chi connectivity index (χ4n) is 4.22. The fraction of sp³-hybridized carbons (Fsp3) is 0.769. The van der Waals surface area contributed by atoms with E-state index in [1.54, 1.807) is 0 Å². The van der Waals surface area contributed by atoms with Crippen LogP contribution in [0.3, 0.4) is 0 Å². The predicted molar refractivity (Wildman–Crippen MR) is 141 cm³/mol. The van der Waals surface area contributed by atoms with Crippen LogP contribution in [-0.4, -0.2) is 0 Å². The van der Waals surface area contributed by atoms with Gasteiger partial charge in [0.15, 0.2) is 5.75 Å². The third-order valence-electron chi connectivity index (χ3n) is 6.02. The van der Waals surface area contributed by atoms with Crippen molar-refractivity contribution in [2.45, 2.75) is 129 Å². The molecule has 0 saturated carbocycles. The molecule has 0 radical (unpaired) electrons.